The van der Waals surface area contributed by atoms with Gasteiger partial charge in [-0.05, 0) is 41.7 Å². The number of para-hydroxylation sites is 1. The molecule has 5 heteroatoms. The van der Waals surface area contributed by atoms with Gasteiger partial charge in [0.2, 0.25) is 10.0 Å². The Morgan fingerprint density at radius 3 is 2.29 bits per heavy atom. The molecule has 0 unspecified atom stereocenters. The third-order valence-corrected chi connectivity index (χ3v) is 7.57. The Hall–Kier alpha value is -3.28. The van der Waals surface area contributed by atoms with Crippen LogP contribution in [0.2, 0.25) is 0 Å². The van der Waals surface area contributed by atoms with E-state index >= 15 is 0 Å². The molecular weight excluding hydrogens is 452 g/mol. The number of aromatic nitrogens is 1. The molecule has 0 radical (unpaired) electrons. The molecule has 0 aliphatic heterocycles. The fraction of sp³-hybridized carbons (Fsp3) is 0.233. The molecule has 0 saturated carbocycles. The number of nitrogens with zero attached hydrogens (tertiary/aromatic N) is 1. The van der Waals surface area contributed by atoms with Crippen LogP contribution >= 0.6 is 0 Å². The van der Waals surface area contributed by atoms with Gasteiger partial charge in [-0.15, -0.1) is 0 Å². The first kappa shape index (κ1) is 24.8. The molecule has 0 amide bonds. The first-order valence-corrected chi connectivity index (χ1v) is 13.7. The summed E-state index contributed by atoms with van der Waals surface area (Å²) in [4.78, 5) is 4.57. The van der Waals surface area contributed by atoms with Crippen LogP contribution in [0.4, 0.5) is 0 Å². The maximum absolute atomic E-state index is 13.7. The van der Waals surface area contributed by atoms with Crippen LogP contribution in [0.1, 0.15) is 51.1 Å². The van der Waals surface area contributed by atoms with E-state index in [1.807, 2.05) is 48.5 Å². The Kier molecular flexibility index (Phi) is 8.11. The molecular formula is C30H32N2O2S. The van der Waals surface area contributed by atoms with Gasteiger partial charge in [-0.25, -0.2) is 8.42 Å². The molecule has 0 fully saturated rings. The summed E-state index contributed by atoms with van der Waals surface area (Å²) in [7, 11) is -3.84. The van der Waals surface area contributed by atoms with Crippen LogP contribution in [0.5, 0.6) is 0 Å². The van der Waals surface area contributed by atoms with Crippen LogP contribution in [-0.4, -0.2) is 13.4 Å². The molecule has 0 spiro atoms. The zero-order chi connectivity index (χ0) is 24.7. The van der Waals surface area contributed by atoms with Crippen LogP contribution in [0.15, 0.2) is 108 Å². The Bertz CT molecular complexity index is 1390. The van der Waals surface area contributed by atoms with Gasteiger partial charge in [0.25, 0.3) is 0 Å². The number of sulfonamides is 1. The highest BCUT2D eigenvalue weighted by Crippen LogP contribution is 2.31. The topological polar surface area (TPSA) is 59.1 Å². The monoisotopic (exact) mass is 484 g/mol. The molecule has 0 saturated heterocycles. The number of allylic oxidation sites excluding steroid dienone is 1. The number of hydrogen-bond donors (Lipinski definition) is 1. The molecule has 0 aliphatic rings. The number of unbranched alkanes of at least 4 members (excludes halogenated alkanes) is 1. The second-order valence-corrected chi connectivity index (χ2v) is 10.4. The van der Waals surface area contributed by atoms with Crippen molar-refractivity contribution in [1.29, 1.82) is 0 Å². The zero-order valence-electron chi connectivity index (χ0n) is 20.3. The molecule has 1 atom stereocenters. The normalized spacial score (nSPS) is 13.1. The van der Waals surface area contributed by atoms with Crippen molar-refractivity contribution >= 4 is 20.9 Å². The summed E-state index contributed by atoms with van der Waals surface area (Å²) < 4.78 is 30.5. The van der Waals surface area contributed by atoms with Crippen molar-refractivity contribution in [2.75, 3.05) is 0 Å². The van der Waals surface area contributed by atoms with E-state index in [0.717, 1.165) is 53.3 Å². The van der Waals surface area contributed by atoms with E-state index in [9.17, 15) is 8.42 Å². The van der Waals surface area contributed by atoms with Gasteiger partial charge in [-0.3, -0.25) is 4.98 Å². The third-order valence-electron chi connectivity index (χ3n) is 6.11. The molecule has 35 heavy (non-hydrogen) atoms. The minimum absolute atomic E-state index is 0.202. The van der Waals surface area contributed by atoms with E-state index < -0.39 is 16.1 Å². The highest BCUT2D eigenvalue weighted by molar-refractivity contribution is 7.89. The minimum atomic E-state index is -3.84. The molecule has 1 heterocycles. The van der Waals surface area contributed by atoms with Crippen molar-refractivity contribution in [3.8, 4) is 11.1 Å². The average Bonchev–Trinajstić information content (AvgIpc) is 2.90. The fourth-order valence-corrected chi connectivity index (χ4v) is 5.76. The predicted molar refractivity (Wildman–Crippen MR) is 145 cm³/mol. The summed E-state index contributed by atoms with van der Waals surface area (Å²) >= 11 is 0. The number of rotatable bonds is 10. The van der Waals surface area contributed by atoms with Gasteiger partial charge in [-0.1, -0.05) is 111 Å². The van der Waals surface area contributed by atoms with Gasteiger partial charge in [0, 0.05) is 11.6 Å². The van der Waals surface area contributed by atoms with E-state index in [1.165, 1.54) is 0 Å². The number of fused-ring (bicyclic) bond motifs is 1. The first-order valence-electron chi connectivity index (χ1n) is 12.2. The van der Waals surface area contributed by atoms with Crippen LogP contribution in [0, 0.1) is 0 Å². The smallest absolute Gasteiger partial charge is 0.243 e. The van der Waals surface area contributed by atoms with Crippen LogP contribution < -0.4 is 4.72 Å². The van der Waals surface area contributed by atoms with Crippen molar-refractivity contribution in [3.63, 3.8) is 0 Å². The summed E-state index contributed by atoms with van der Waals surface area (Å²) in [6.45, 7) is 4.26. The number of nitrogens with one attached hydrogen (secondary N) is 1. The fourth-order valence-electron chi connectivity index (χ4n) is 4.35. The third kappa shape index (κ3) is 5.87. The van der Waals surface area contributed by atoms with Crippen LogP contribution in [-0.2, 0) is 10.0 Å². The number of benzene rings is 3. The van der Waals surface area contributed by atoms with Gasteiger partial charge in [0.15, 0.2) is 0 Å². The van der Waals surface area contributed by atoms with Crippen LogP contribution in [0.3, 0.4) is 0 Å². The van der Waals surface area contributed by atoms with Gasteiger partial charge in [0.1, 0.15) is 4.90 Å². The van der Waals surface area contributed by atoms with E-state index in [4.69, 9.17) is 0 Å². The molecule has 1 aromatic heterocycles. The van der Waals surface area contributed by atoms with E-state index in [1.54, 1.807) is 18.3 Å². The molecule has 0 bridgehead atoms. The summed E-state index contributed by atoms with van der Waals surface area (Å²) in [5.74, 6) is 0. The zero-order valence-corrected chi connectivity index (χ0v) is 21.1. The maximum atomic E-state index is 13.7. The van der Waals surface area contributed by atoms with Crippen molar-refractivity contribution in [3.05, 3.63) is 108 Å². The van der Waals surface area contributed by atoms with Gasteiger partial charge in [0.05, 0.1) is 11.6 Å². The van der Waals surface area contributed by atoms with Gasteiger partial charge in [-0.2, -0.15) is 4.72 Å². The molecule has 180 valence electrons. The van der Waals surface area contributed by atoms with Crippen molar-refractivity contribution in [2.24, 2.45) is 0 Å². The highest BCUT2D eigenvalue weighted by atomic mass is 32.2. The summed E-state index contributed by atoms with van der Waals surface area (Å²) in [5, 5.41) is 0.800. The largest absolute Gasteiger partial charge is 0.255 e. The maximum Gasteiger partial charge on any atom is 0.243 e. The average molecular weight is 485 g/mol. The lowest BCUT2D eigenvalue weighted by molar-refractivity contribution is 0.567. The first-order chi connectivity index (χ1) is 17.0. The Morgan fingerprint density at radius 2 is 1.57 bits per heavy atom. The minimum Gasteiger partial charge on any atom is -0.255 e. The quantitative estimate of drug-likeness (QED) is 0.238. The predicted octanol–water partition coefficient (Wildman–Crippen LogP) is 7.45. The lowest BCUT2D eigenvalue weighted by Crippen LogP contribution is -2.30. The van der Waals surface area contributed by atoms with Gasteiger partial charge >= 0.3 is 0 Å². The van der Waals surface area contributed by atoms with Crippen molar-refractivity contribution < 1.29 is 8.42 Å². The summed E-state index contributed by atoms with van der Waals surface area (Å²) in [6.07, 6.45) is 7.50. The summed E-state index contributed by atoms with van der Waals surface area (Å²) in [6, 6.07) is 26.9. The Morgan fingerprint density at radius 1 is 0.857 bits per heavy atom. The lowest BCUT2D eigenvalue weighted by atomic mass is 9.93. The lowest BCUT2D eigenvalue weighted by Gasteiger charge is -2.23. The van der Waals surface area contributed by atoms with E-state index in [0.29, 0.717) is 5.52 Å². The Labute approximate surface area is 208 Å². The molecule has 0 aliphatic carbocycles. The standard InChI is InChI=1S/C30H32N2O2S/c1-3-5-12-25(11-4-2)29(27-20-18-24(19-21-27)23-13-7-6-8-14-23)32-35(33,34)28-17-9-15-26-16-10-22-31-30(26)28/h6-10,12-22,29,32H,3-5,11H2,1-2H3/b25-12+/t29-/m1/s1. The molecule has 4 rings (SSSR count). The molecule has 3 aromatic carbocycles. The Balaban J connectivity index is 1.76. The van der Waals surface area contributed by atoms with E-state index in [-0.39, 0.29) is 4.90 Å². The second-order valence-electron chi connectivity index (χ2n) is 8.69. The number of hydrogen-bond acceptors (Lipinski definition) is 3. The van der Waals surface area contributed by atoms with Crippen molar-refractivity contribution in [2.45, 2.75) is 50.5 Å². The second kappa shape index (κ2) is 11.4. The molecule has 4 aromatic rings. The van der Waals surface area contributed by atoms with Gasteiger partial charge < -0.3 is 0 Å². The molecule has 4 nitrogen and oxygen atoms in total. The molecule has 1 N–H and O–H groups in total. The summed E-state index contributed by atoms with van der Waals surface area (Å²) in [5.41, 5.74) is 4.74. The SMILES string of the molecule is CCC/C=C(\CCC)[C@@H](NS(=O)(=O)c1cccc2cccnc12)c1ccc(-c2ccccc2)cc1. The van der Waals surface area contributed by atoms with E-state index in [2.05, 4.69) is 53.9 Å². The highest BCUT2D eigenvalue weighted by Gasteiger charge is 2.26. The van der Waals surface area contributed by atoms with Crippen molar-refractivity contribution in [1.82, 2.24) is 9.71 Å². The number of pyridine rings is 1. The van der Waals surface area contributed by atoms with Crippen LogP contribution in [0.25, 0.3) is 22.0 Å².